The maximum Gasteiger partial charge on any atom is 0.270 e. The third kappa shape index (κ3) is 4.03. The lowest BCUT2D eigenvalue weighted by atomic mass is 10.2. The molecule has 0 aliphatic heterocycles. The molecule has 1 N–H and O–H groups in total. The van der Waals surface area contributed by atoms with Crippen molar-refractivity contribution in [1.82, 2.24) is 4.98 Å². The highest BCUT2D eigenvalue weighted by atomic mass is 79.9. The van der Waals surface area contributed by atoms with Gasteiger partial charge in [0.05, 0.1) is 15.5 Å². The van der Waals surface area contributed by atoms with Gasteiger partial charge in [-0.1, -0.05) is 34.1 Å². The summed E-state index contributed by atoms with van der Waals surface area (Å²) in [5.41, 5.74) is 1.17. The number of nitrogens with one attached hydrogen (secondary N) is 1. The molecule has 10 heteroatoms. The average molecular weight is 440 g/mol. The smallest absolute Gasteiger partial charge is 0.258 e. The molecule has 0 spiro atoms. The van der Waals surface area contributed by atoms with Gasteiger partial charge < -0.3 is 0 Å². The number of hydrogen-bond donors (Lipinski definition) is 1. The number of hydrogen-bond acceptors (Lipinski definition) is 6. The van der Waals surface area contributed by atoms with Gasteiger partial charge in [-0.2, -0.15) is 0 Å². The summed E-state index contributed by atoms with van der Waals surface area (Å²) in [4.78, 5) is 14.2. The largest absolute Gasteiger partial charge is 0.270 e. The van der Waals surface area contributed by atoms with E-state index in [0.717, 1.165) is 27.4 Å². The average Bonchev–Trinajstić information content (AvgIpc) is 3.03. The Morgan fingerprint density at radius 1 is 1.16 bits per heavy atom. The molecule has 0 aliphatic carbocycles. The van der Waals surface area contributed by atoms with Gasteiger partial charge in [-0.15, -0.1) is 11.3 Å². The van der Waals surface area contributed by atoms with Crippen LogP contribution >= 0.6 is 27.3 Å². The number of anilines is 1. The first-order chi connectivity index (χ1) is 11.8. The first-order valence-corrected chi connectivity index (χ1v) is 9.99. The van der Waals surface area contributed by atoms with Crippen LogP contribution in [0.1, 0.15) is 0 Å². The van der Waals surface area contributed by atoms with Gasteiger partial charge in [0, 0.05) is 27.5 Å². The second-order valence-corrected chi connectivity index (χ2v) is 8.36. The summed E-state index contributed by atoms with van der Waals surface area (Å²) in [6, 6.07) is 12.3. The molecule has 0 saturated carbocycles. The summed E-state index contributed by atoms with van der Waals surface area (Å²) in [5, 5.41) is 12.7. The number of aromatic nitrogens is 1. The van der Waals surface area contributed by atoms with Crippen molar-refractivity contribution in [2.24, 2.45) is 0 Å². The standard InChI is InChI=1S/C15H10BrN3O4S2/c16-11-4-1-3-10(7-11)14-9-24-15(17-14)18-25(22,23)13-6-2-5-12(8-13)19(20)21/h1-9H,(H,17,18). The van der Waals surface area contributed by atoms with Gasteiger partial charge in [-0.25, -0.2) is 13.4 Å². The lowest BCUT2D eigenvalue weighted by Crippen LogP contribution is -2.13. The summed E-state index contributed by atoms with van der Waals surface area (Å²) >= 11 is 4.50. The lowest BCUT2D eigenvalue weighted by molar-refractivity contribution is -0.385. The monoisotopic (exact) mass is 439 g/mol. The number of nitro benzene ring substituents is 1. The highest BCUT2D eigenvalue weighted by molar-refractivity contribution is 9.10. The number of non-ortho nitro benzene ring substituents is 1. The Labute approximate surface area is 155 Å². The minimum Gasteiger partial charge on any atom is -0.258 e. The number of benzene rings is 2. The molecule has 0 fully saturated rings. The highest BCUT2D eigenvalue weighted by Crippen LogP contribution is 2.28. The molecular weight excluding hydrogens is 430 g/mol. The second-order valence-electron chi connectivity index (χ2n) is 4.91. The Morgan fingerprint density at radius 2 is 1.92 bits per heavy atom. The molecule has 3 aromatic rings. The molecule has 7 nitrogen and oxygen atoms in total. The maximum atomic E-state index is 12.4. The highest BCUT2D eigenvalue weighted by Gasteiger charge is 2.19. The van der Waals surface area contributed by atoms with Crippen LogP contribution in [-0.4, -0.2) is 18.3 Å². The third-order valence-corrected chi connectivity index (χ3v) is 5.90. The molecule has 2 aromatic carbocycles. The first kappa shape index (κ1) is 17.5. The molecule has 128 valence electrons. The fourth-order valence-electron chi connectivity index (χ4n) is 2.04. The van der Waals surface area contributed by atoms with E-state index in [0.29, 0.717) is 5.69 Å². The SMILES string of the molecule is O=[N+]([O-])c1cccc(S(=O)(=O)Nc2nc(-c3cccc(Br)c3)cs2)c1. The Hall–Kier alpha value is -2.30. The second kappa shape index (κ2) is 6.90. The molecule has 0 atom stereocenters. The first-order valence-electron chi connectivity index (χ1n) is 6.84. The minimum atomic E-state index is -3.96. The normalized spacial score (nSPS) is 11.2. The van der Waals surface area contributed by atoms with Gasteiger partial charge in [0.15, 0.2) is 5.13 Å². The van der Waals surface area contributed by atoms with Crippen LogP contribution in [0.3, 0.4) is 0 Å². The molecule has 0 radical (unpaired) electrons. The molecule has 1 aromatic heterocycles. The molecule has 0 unspecified atom stereocenters. The Kier molecular flexibility index (Phi) is 4.84. The van der Waals surface area contributed by atoms with Crippen LogP contribution < -0.4 is 4.72 Å². The van der Waals surface area contributed by atoms with E-state index in [1.165, 1.54) is 18.2 Å². The molecule has 0 saturated heterocycles. The minimum absolute atomic E-state index is 0.182. The lowest BCUT2D eigenvalue weighted by Gasteiger charge is -2.04. The van der Waals surface area contributed by atoms with Crippen molar-refractivity contribution in [2.75, 3.05) is 4.72 Å². The summed E-state index contributed by atoms with van der Waals surface area (Å²) in [5.74, 6) is 0. The van der Waals surface area contributed by atoms with Crippen molar-refractivity contribution < 1.29 is 13.3 Å². The van der Waals surface area contributed by atoms with E-state index >= 15 is 0 Å². The van der Waals surface area contributed by atoms with Crippen molar-refractivity contribution in [3.63, 3.8) is 0 Å². The molecule has 0 aliphatic rings. The fraction of sp³-hybridized carbons (Fsp3) is 0. The summed E-state index contributed by atoms with van der Waals surface area (Å²) < 4.78 is 28.0. The zero-order chi connectivity index (χ0) is 18.0. The van der Waals surface area contributed by atoms with Crippen LogP contribution in [0, 0.1) is 10.1 Å². The predicted octanol–water partition coefficient (Wildman–Crippen LogP) is 4.28. The summed E-state index contributed by atoms with van der Waals surface area (Å²) in [7, 11) is -3.96. The molecule has 3 rings (SSSR count). The van der Waals surface area contributed by atoms with Crippen molar-refractivity contribution in [1.29, 1.82) is 0 Å². The molecule has 25 heavy (non-hydrogen) atoms. The van der Waals surface area contributed by atoms with E-state index in [-0.39, 0.29) is 15.7 Å². The van der Waals surface area contributed by atoms with Gasteiger partial charge in [-0.05, 0) is 18.2 Å². The van der Waals surface area contributed by atoms with E-state index in [1.807, 2.05) is 24.3 Å². The number of nitro groups is 1. The van der Waals surface area contributed by atoms with Crippen LogP contribution in [0.15, 0.2) is 63.3 Å². The van der Waals surface area contributed by atoms with E-state index < -0.39 is 14.9 Å². The van der Waals surface area contributed by atoms with E-state index in [1.54, 1.807) is 5.38 Å². The van der Waals surface area contributed by atoms with Gasteiger partial charge in [0.25, 0.3) is 15.7 Å². The van der Waals surface area contributed by atoms with Crippen molar-refractivity contribution in [2.45, 2.75) is 4.90 Å². The number of rotatable bonds is 5. The topological polar surface area (TPSA) is 102 Å². The van der Waals surface area contributed by atoms with Crippen molar-refractivity contribution in [3.05, 3.63) is 68.5 Å². The Morgan fingerprint density at radius 3 is 2.64 bits per heavy atom. The summed E-state index contributed by atoms with van der Waals surface area (Å²) in [6.45, 7) is 0. The van der Waals surface area contributed by atoms with Gasteiger partial charge in [0.2, 0.25) is 0 Å². The van der Waals surface area contributed by atoms with E-state index in [9.17, 15) is 18.5 Å². The Balaban J connectivity index is 1.87. The molecule has 1 heterocycles. The maximum absolute atomic E-state index is 12.4. The molecule has 0 bridgehead atoms. The van der Waals surface area contributed by atoms with E-state index in [4.69, 9.17) is 0 Å². The number of sulfonamides is 1. The van der Waals surface area contributed by atoms with Crippen LogP contribution in [0.4, 0.5) is 10.8 Å². The molecule has 0 amide bonds. The zero-order valence-corrected chi connectivity index (χ0v) is 15.6. The van der Waals surface area contributed by atoms with Gasteiger partial charge in [-0.3, -0.25) is 14.8 Å². The van der Waals surface area contributed by atoms with Crippen LogP contribution in [0.5, 0.6) is 0 Å². The number of halogens is 1. The fourth-order valence-corrected chi connectivity index (χ4v) is 4.45. The van der Waals surface area contributed by atoms with Crippen LogP contribution in [0.2, 0.25) is 0 Å². The van der Waals surface area contributed by atoms with Crippen molar-refractivity contribution >= 4 is 48.1 Å². The number of nitrogens with zero attached hydrogens (tertiary/aromatic N) is 2. The van der Waals surface area contributed by atoms with E-state index in [2.05, 4.69) is 25.6 Å². The van der Waals surface area contributed by atoms with Gasteiger partial charge in [0.1, 0.15) is 0 Å². The zero-order valence-electron chi connectivity index (χ0n) is 12.4. The number of thiazole rings is 1. The quantitative estimate of drug-likeness (QED) is 0.471. The predicted molar refractivity (Wildman–Crippen MR) is 99.2 cm³/mol. The Bertz CT molecular complexity index is 1050. The summed E-state index contributed by atoms with van der Waals surface area (Å²) in [6.07, 6.45) is 0. The van der Waals surface area contributed by atoms with Crippen LogP contribution in [0.25, 0.3) is 11.3 Å². The third-order valence-electron chi connectivity index (χ3n) is 3.18. The van der Waals surface area contributed by atoms with Gasteiger partial charge >= 0.3 is 0 Å². The van der Waals surface area contributed by atoms with Crippen molar-refractivity contribution in [3.8, 4) is 11.3 Å². The van der Waals surface area contributed by atoms with Crippen LogP contribution in [-0.2, 0) is 10.0 Å². The molecular formula is C15H10BrN3O4S2.